The van der Waals surface area contributed by atoms with Crippen LogP contribution in [0.3, 0.4) is 0 Å². The number of aromatic nitrogens is 2. The van der Waals surface area contributed by atoms with Crippen molar-refractivity contribution in [2.45, 2.75) is 39.0 Å². The van der Waals surface area contributed by atoms with Gasteiger partial charge < -0.3 is 19.7 Å². The van der Waals surface area contributed by atoms with Crippen LogP contribution in [0.2, 0.25) is 5.02 Å². The second-order valence-corrected chi connectivity index (χ2v) is 11.1. The summed E-state index contributed by atoms with van der Waals surface area (Å²) in [5.41, 5.74) is 1.77. The quantitative estimate of drug-likeness (QED) is 0.363. The number of nitrogens with one attached hydrogen (secondary N) is 1. The number of halogens is 1. The van der Waals surface area contributed by atoms with Crippen molar-refractivity contribution >= 4 is 29.3 Å². The number of ether oxygens (including phenoxy) is 1. The minimum Gasteiger partial charge on any atom is -0.486 e. The molecule has 0 atom stereocenters. The first-order chi connectivity index (χ1) is 17.9. The SMILES string of the molecule is CC1(COc2c(N3CCC(C=O)(CCNc4ccccc4)CC3)cnn(-c3cccc(Cl)c3)c2=O)CC1. The fourth-order valence-corrected chi connectivity index (χ4v) is 5.00. The normalized spacial score (nSPS) is 17.7. The minimum absolute atomic E-state index is 0.119. The highest BCUT2D eigenvalue weighted by atomic mass is 35.5. The van der Waals surface area contributed by atoms with Gasteiger partial charge in [0.15, 0.2) is 0 Å². The maximum atomic E-state index is 13.6. The van der Waals surface area contributed by atoms with Gasteiger partial charge in [0.1, 0.15) is 12.0 Å². The Morgan fingerprint density at radius 2 is 1.84 bits per heavy atom. The Kier molecular flexibility index (Phi) is 7.24. The summed E-state index contributed by atoms with van der Waals surface area (Å²) < 4.78 is 7.55. The maximum absolute atomic E-state index is 13.6. The number of hydrogen-bond donors (Lipinski definition) is 1. The van der Waals surface area contributed by atoms with Gasteiger partial charge in [0.2, 0.25) is 5.75 Å². The smallest absolute Gasteiger partial charge is 0.316 e. The zero-order valence-corrected chi connectivity index (χ0v) is 21.9. The molecule has 0 spiro atoms. The molecule has 8 heteroatoms. The highest BCUT2D eigenvalue weighted by Crippen LogP contribution is 2.45. The van der Waals surface area contributed by atoms with Crippen LogP contribution in [0.15, 0.2) is 65.6 Å². The maximum Gasteiger partial charge on any atom is 0.316 e. The van der Waals surface area contributed by atoms with Gasteiger partial charge in [-0.3, -0.25) is 4.79 Å². The molecule has 7 nitrogen and oxygen atoms in total. The highest BCUT2D eigenvalue weighted by Gasteiger charge is 2.39. The number of carbonyl (C=O) groups is 1. The number of nitrogens with zero attached hydrogens (tertiary/aromatic N) is 3. The topological polar surface area (TPSA) is 76.5 Å². The number of hydrogen-bond acceptors (Lipinski definition) is 6. The van der Waals surface area contributed by atoms with Gasteiger partial charge in [0, 0.05) is 41.2 Å². The summed E-state index contributed by atoms with van der Waals surface area (Å²) in [5, 5.41) is 8.42. The van der Waals surface area contributed by atoms with E-state index in [1.807, 2.05) is 30.3 Å². The third-order valence-electron chi connectivity index (χ3n) is 7.71. The number of aldehydes is 1. The average molecular weight is 521 g/mol. The number of piperidine rings is 1. The molecule has 194 valence electrons. The van der Waals surface area contributed by atoms with Crippen molar-refractivity contribution < 1.29 is 9.53 Å². The van der Waals surface area contributed by atoms with Crippen LogP contribution in [0.4, 0.5) is 11.4 Å². The van der Waals surface area contributed by atoms with E-state index in [1.54, 1.807) is 30.5 Å². The first-order valence-electron chi connectivity index (χ1n) is 12.9. The van der Waals surface area contributed by atoms with Crippen LogP contribution in [0.25, 0.3) is 5.69 Å². The zero-order chi connectivity index (χ0) is 25.9. The van der Waals surface area contributed by atoms with E-state index in [1.165, 1.54) is 4.68 Å². The monoisotopic (exact) mass is 520 g/mol. The fraction of sp³-hybridized carbons (Fsp3) is 0.414. The molecule has 37 heavy (non-hydrogen) atoms. The highest BCUT2D eigenvalue weighted by molar-refractivity contribution is 6.30. The summed E-state index contributed by atoms with van der Waals surface area (Å²) in [7, 11) is 0. The van der Waals surface area contributed by atoms with Crippen molar-refractivity contribution in [3.05, 3.63) is 76.2 Å². The number of rotatable bonds is 10. The van der Waals surface area contributed by atoms with E-state index < -0.39 is 0 Å². The van der Waals surface area contributed by atoms with Crippen LogP contribution >= 0.6 is 11.6 Å². The van der Waals surface area contributed by atoms with Gasteiger partial charge in [-0.15, -0.1) is 0 Å². The molecule has 0 radical (unpaired) electrons. The molecule has 1 saturated heterocycles. The number of benzene rings is 2. The van der Waals surface area contributed by atoms with Crippen molar-refractivity contribution in [2.24, 2.45) is 10.8 Å². The summed E-state index contributed by atoms with van der Waals surface area (Å²) in [6.07, 6.45) is 7.20. The zero-order valence-electron chi connectivity index (χ0n) is 21.2. The predicted molar refractivity (Wildman–Crippen MR) is 147 cm³/mol. The summed E-state index contributed by atoms with van der Waals surface area (Å²) >= 11 is 6.16. The lowest BCUT2D eigenvalue weighted by molar-refractivity contribution is -0.117. The van der Waals surface area contributed by atoms with Crippen LogP contribution in [0.5, 0.6) is 5.75 Å². The molecule has 1 saturated carbocycles. The van der Waals surface area contributed by atoms with Crippen LogP contribution in [0, 0.1) is 10.8 Å². The van der Waals surface area contributed by atoms with Crippen LogP contribution in [-0.4, -0.2) is 42.3 Å². The van der Waals surface area contributed by atoms with Crippen molar-refractivity contribution in [3.63, 3.8) is 0 Å². The van der Waals surface area contributed by atoms with Gasteiger partial charge in [-0.1, -0.05) is 42.8 Å². The molecule has 1 aliphatic heterocycles. The molecule has 2 fully saturated rings. The molecule has 2 heterocycles. The van der Waals surface area contributed by atoms with Crippen LogP contribution < -0.4 is 20.5 Å². The molecule has 0 bridgehead atoms. The second kappa shape index (κ2) is 10.6. The number of anilines is 2. The largest absolute Gasteiger partial charge is 0.486 e. The van der Waals surface area contributed by atoms with Gasteiger partial charge in [0.05, 0.1) is 18.5 Å². The Labute approximate surface area is 222 Å². The van der Waals surface area contributed by atoms with Gasteiger partial charge in [-0.2, -0.15) is 9.78 Å². The van der Waals surface area contributed by atoms with E-state index in [0.717, 1.165) is 37.8 Å². The van der Waals surface area contributed by atoms with E-state index in [-0.39, 0.29) is 16.4 Å². The Hall–Kier alpha value is -3.32. The lowest BCUT2D eigenvalue weighted by Gasteiger charge is -2.39. The van der Waals surface area contributed by atoms with Gasteiger partial charge in [-0.25, -0.2) is 0 Å². The van der Waals surface area contributed by atoms with Crippen molar-refractivity contribution in [2.75, 3.05) is 36.5 Å². The summed E-state index contributed by atoms with van der Waals surface area (Å²) in [5.74, 6) is 0.312. The Balaban J connectivity index is 1.33. The van der Waals surface area contributed by atoms with Crippen molar-refractivity contribution in [3.8, 4) is 11.4 Å². The first kappa shape index (κ1) is 25.3. The Bertz CT molecular complexity index is 1300. The molecule has 1 aromatic heterocycles. The molecule has 0 amide bonds. The van der Waals surface area contributed by atoms with Crippen LogP contribution in [-0.2, 0) is 4.79 Å². The third kappa shape index (κ3) is 5.82. The van der Waals surface area contributed by atoms with Crippen molar-refractivity contribution in [1.29, 1.82) is 0 Å². The summed E-state index contributed by atoms with van der Waals surface area (Å²) in [6.45, 7) is 4.70. The van der Waals surface area contributed by atoms with Crippen LogP contribution in [0.1, 0.15) is 39.0 Å². The average Bonchev–Trinajstić information content (AvgIpc) is 3.66. The lowest BCUT2D eigenvalue weighted by Crippen LogP contribution is -2.43. The summed E-state index contributed by atoms with van der Waals surface area (Å²) in [6, 6.07) is 17.1. The predicted octanol–water partition coefficient (Wildman–Crippen LogP) is 5.35. The molecular weight excluding hydrogens is 488 g/mol. The first-order valence-corrected chi connectivity index (χ1v) is 13.3. The Morgan fingerprint density at radius 1 is 1.08 bits per heavy atom. The number of para-hydroxylation sites is 1. The molecule has 1 aliphatic carbocycles. The van der Waals surface area contributed by atoms with Crippen molar-refractivity contribution in [1.82, 2.24) is 9.78 Å². The van der Waals surface area contributed by atoms with E-state index in [9.17, 15) is 9.59 Å². The molecule has 2 aliphatic rings. The molecule has 3 aromatic rings. The molecular formula is C29H33ClN4O3. The van der Waals surface area contributed by atoms with Gasteiger partial charge in [0.25, 0.3) is 0 Å². The van der Waals surface area contributed by atoms with E-state index in [0.29, 0.717) is 54.7 Å². The lowest BCUT2D eigenvalue weighted by atomic mass is 9.77. The van der Waals surface area contributed by atoms with E-state index in [4.69, 9.17) is 16.3 Å². The van der Waals surface area contributed by atoms with E-state index in [2.05, 4.69) is 22.2 Å². The van der Waals surface area contributed by atoms with Gasteiger partial charge in [-0.05, 0) is 62.4 Å². The minimum atomic E-state index is -0.385. The third-order valence-corrected chi connectivity index (χ3v) is 7.95. The molecule has 1 N–H and O–H groups in total. The molecule has 0 unspecified atom stereocenters. The van der Waals surface area contributed by atoms with Gasteiger partial charge >= 0.3 is 5.56 Å². The standard InChI is InChI=1S/C29H33ClN4O3/c1-28(10-11-28)21-37-26-25(19-32-34(27(26)36)24-9-5-6-22(30)18-24)33-16-13-29(20-35,14-17-33)12-15-31-23-7-3-2-4-8-23/h2-9,18-20,31H,10-17,21H2,1H3. The Morgan fingerprint density at radius 3 is 2.51 bits per heavy atom. The molecule has 5 rings (SSSR count). The second-order valence-electron chi connectivity index (χ2n) is 10.7. The summed E-state index contributed by atoms with van der Waals surface area (Å²) in [4.78, 5) is 27.9. The number of carbonyl (C=O) groups excluding carboxylic acids is 1. The van der Waals surface area contributed by atoms with E-state index >= 15 is 0 Å². The molecule has 2 aromatic carbocycles. The fourth-order valence-electron chi connectivity index (χ4n) is 4.82.